The van der Waals surface area contributed by atoms with E-state index in [9.17, 15) is 8.42 Å². The molecule has 0 unspecified atom stereocenters. The number of sulfonamides is 1. The topological polar surface area (TPSA) is 67.2 Å². The largest absolute Gasteiger partial charge is 0.318 e. The Morgan fingerprint density at radius 2 is 2.29 bits per heavy atom. The molecular formula is C10H18N4O2S. The normalized spacial score (nSPS) is 16.6. The van der Waals surface area contributed by atoms with E-state index in [1.54, 1.807) is 17.9 Å². The molecule has 0 bridgehead atoms. The minimum absolute atomic E-state index is 0.181. The van der Waals surface area contributed by atoms with Crippen LogP contribution in [0.15, 0.2) is 17.3 Å². The molecule has 17 heavy (non-hydrogen) atoms. The van der Waals surface area contributed by atoms with E-state index in [1.165, 1.54) is 10.5 Å². The fourth-order valence-electron chi connectivity index (χ4n) is 1.63. The van der Waals surface area contributed by atoms with Gasteiger partial charge >= 0.3 is 0 Å². The SMILES string of the molecule is CNCCn1cc(S(=O)(=O)N(C)C2CC2)cn1. The van der Waals surface area contributed by atoms with E-state index in [4.69, 9.17) is 0 Å². The third-order valence-corrected chi connectivity index (χ3v) is 4.80. The maximum Gasteiger partial charge on any atom is 0.246 e. The lowest BCUT2D eigenvalue weighted by atomic mass is 10.6. The van der Waals surface area contributed by atoms with Crippen LogP contribution in [0.2, 0.25) is 0 Å². The Hall–Kier alpha value is -0.920. The molecule has 0 aromatic carbocycles. The third-order valence-electron chi connectivity index (χ3n) is 2.94. The van der Waals surface area contributed by atoms with Crippen LogP contribution in [-0.2, 0) is 16.6 Å². The second-order valence-electron chi connectivity index (χ2n) is 4.30. The molecular weight excluding hydrogens is 240 g/mol. The molecule has 1 aromatic heterocycles. The zero-order valence-corrected chi connectivity index (χ0v) is 10.9. The number of hydrogen-bond acceptors (Lipinski definition) is 4. The van der Waals surface area contributed by atoms with E-state index in [2.05, 4.69) is 10.4 Å². The number of nitrogens with one attached hydrogen (secondary N) is 1. The Bertz CT molecular complexity index is 478. The van der Waals surface area contributed by atoms with Crippen molar-refractivity contribution in [3.8, 4) is 0 Å². The van der Waals surface area contributed by atoms with Crippen molar-refractivity contribution in [3.05, 3.63) is 12.4 Å². The zero-order chi connectivity index (χ0) is 12.5. The van der Waals surface area contributed by atoms with Gasteiger partial charge in [-0.1, -0.05) is 0 Å². The van der Waals surface area contributed by atoms with Gasteiger partial charge in [0.25, 0.3) is 0 Å². The van der Waals surface area contributed by atoms with Crippen molar-refractivity contribution >= 4 is 10.0 Å². The number of nitrogens with zero attached hydrogens (tertiary/aromatic N) is 3. The van der Waals surface area contributed by atoms with Gasteiger partial charge in [0.1, 0.15) is 4.90 Å². The van der Waals surface area contributed by atoms with E-state index in [1.807, 2.05) is 7.05 Å². The highest BCUT2D eigenvalue weighted by Crippen LogP contribution is 2.30. The maximum absolute atomic E-state index is 12.2. The highest BCUT2D eigenvalue weighted by molar-refractivity contribution is 7.89. The first kappa shape index (κ1) is 12.5. The van der Waals surface area contributed by atoms with Crippen LogP contribution in [0, 0.1) is 0 Å². The fraction of sp³-hybridized carbons (Fsp3) is 0.700. The van der Waals surface area contributed by atoms with Gasteiger partial charge in [-0.15, -0.1) is 0 Å². The lowest BCUT2D eigenvalue weighted by Crippen LogP contribution is -2.28. The van der Waals surface area contributed by atoms with Gasteiger partial charge in [0, 0.05) is 25.8 Å². The van der Waals surface area contributed by atoms with E-state index in [0.29, 0.717) is 6.54 Å². The van der Waals surface area contributed by atoms with E-state index >= 15 is 0 Å². The molecule has 1 N–H and O–H groups in total. The van der Waals surface area contributed by atoms with E-state index in [0.717, 1.165) is 19.4 Å². The zero-order valence-electron chi connectivity index (χ0n) is 10.1. The Kier molecular flexibility index (Phi) is 3.50. The Morgan fingerprint density at radius 1 is 1.59 bits per heavy atom. The molecule has 0 aliphatic heterocycles. The first-order chi connectivity index (χ1) is 8.05. The molecule has 1 aliphatic carbocycles. The average molecular weight is 258 g/mol. The summed E-state index contributed by atoms with van der Waals surface area (Å²) in [4.78, 5) is 0.281. The Balaban J connectivity index is 2.12. The predicted octanol–water partition coefficient (Wildman–Crippen LogP) is -0.115. The van der Waals surface area contributed by atoms with Gasteiger partial charge in [-0.2, -0.15) is 9.40 Å². The summed E-state index contributed by atoms with van der Waals surface area (Å²) in [6.07, 6.45) is 4.93. The molecule has 0 amide bonds. The highest BCUT2D eigenvalue weighted by atomic mass is 32.2. The summed E-state index contributed by atoms with van der Waals surface area (Å²) in [6, 6.07) is 0.181. The summed E-state index contributed by atoms with van der Waals surface area (Å²) in [6.45, 7) is 1.43. The predicted molar refractivity (Wildman–Crippen MR) is 64.1 cm³/mol. The van der Waals surface area contributed by atoms with Crippen LogP contribution in [0.4, 0.5) is 0 Å². The van der Waals surface area contributed by atoms with Crippen LogP contribution in [0.5, 0.6) is 0 Å². The summed E-state index contributed by atoms with van der Waals surface area (Å²) in [7, 11) is 0.136. The maximum atomic E-state index is 12.2. The number of rotatable bonds is 6. The lowest BCUT2D eigenvalue weighted by molar-refractivity contribution is 0.464. The lowest BCUT2D eigenvalue weighted by Gasteiger charge is -2.14. The van der Waals surface area contributed by atoms with E-state index in [-0.39, 0.29) is 10.9 Å². The van der Waals surface area contributed by atoms with Crippen molar-refractivity contribution in [1.29, 1.82) is 0 Å². The van der Waals surface area contributed by atoms with Crippen molar-refractivity contribution in [2.45, 2.75) is 30.3 Å². The molecule has 0 atom stereocenters. The van der Waals surface area contributed by atoms with Gasteiger partial charge in [-0.05, 0) is 19.9 Å². The van der Waals surface area contributed by atoms with Gasteiger partial charge in [0.15, 0.2) is 0 Å². The van der Waals surface area contributed by atoms with Crippen molar-refractivity contribution in [2.24, 2.45) is 0 Å². The number of likely N-dealkylation sites (N-methyl/N-ethyl adjacent to an activating group) is 1. The second kappa shape index (κ2) is 4.75. The molecule has 1 aromatic rings. The second-order valence-corrected chi connectivity index (χ2v) is 6.29. The minimum Gasteiger partial charge on any atom is -0.318 e. The summed E-state index contributed by atoms with van der Waals surface area (Å²) < 4.78 is 27.4. The van der Waals surface area contributed by atoms with Crippen molar-refractivity contribution in [2.75, 3.05) is 20.6 Å². The van der Waals surface area contributed by atoms with Gasteiger partial charge in [0.2, 0.25) is 10.0 Å². The molecule has 0 spiro atoms. The Morgan fingerprint density at radius 3 is 2.88 bits per heavy atom. The van der Waals surface area contributed by atoms with E-state index < -0.39 is 10.0 Å². The molecule has 1 saturated carbocycles. The van der Waals surface area contributed by atoms with Crippen LogP contribution < -0.4 is 5.32 Å². The molecule has 2 rings (SSSR count). The molecule has 7 heteroatoms. The summed E-state index contributed by atoms with van der Waals surface area (Å²) in [5.74, 6) is 0. The summed E-state index contributed by atoms with van der Waals surface area (Å²) >= 11 is 0. The summed E-state index contributed by atoms with van der Waals surface area (Å²) in [5, 5.41) is 7.05. The van der Waals surface area contributed by atoms with Gasteiger partial charge in [-0.3, -0.25) is 4.68 Å². The molecule has 96 valence electrons. The fourth-order valence-corrected chi connectivity index (χ4v) is 3.00. The first-order valence-corrected chi connectivity index (χ1v) is 7.15. The van der Waals surface area contributed by atoms with Crippen molar-refractivity contribution in [3.63, 3.8) is 0 Å². The molecule has 1 fully saturated rings. The number of aromatic nitrogens is 2. The quantitative estimate of drug-likeness (QED) is 0.773. The molecule has 1 heterocycles. The smallest absolute Gasteiger partial charge is 0.246 e. The molecule has 6 nitrogen and oxygen atoms in total. The standard InChI is InChI=1S/C10H18N4O2S/c1-11-5-6-14-8-10(7-12-14)17(15,16)13(2)9-3-4-9/h7-9,11H,3-6H2,1-2H3. The van der Waals surface area contributed by atoms with Crippen molar-refractivity contribution in [1.82, 2.24) is 19.4 Å². The minimum atomic E-state index is -3.35. The van der Waals surface area contributed by atoms with Gasteiger partial charge in [-0.25, -0.2) is 8.42 Å². The monoisotopic (exact) mass is 258 g/mol. The molecule has 1 aliphatic rings. The summed E-state index contributed by atoms with van der Waals surface area (Å²) in [5.41, 5.74) is 0. The van der Waals surface area contributed by atoms with Gasteiger partial charge < -0.3 is 5.32 Å². The van der Waals surface area contributed by atoms with Gasteiger partial charge in [0.05, 0.1) is 12.7 Å². The van der Waals surface area contributed by atoms with Crippen molar-refractivity contribution < 1.29 is 8.42 Å². The Labute approximate surface area is 102 Å². The molecule has 0 radical (unpaired) electrons. The van der Waals surface area contributed by atoms with Crippen LogP contribution in [0.1, 0.15) is 12.8 Å². The first-order valence-electron chi connectivity index (χ1n) is 5.71. The van der Waals surface area contributed by atoms with Crippen LogP contribution >= 0.6 is 0 Å². The number of hydrogen-bond donors (Lipinski definition) is 1. The van der Waals surface area contributed by atoms with Crippen LogP contribution in [-0.4, -0.2) is 49.2 Å². The molecule has 0 saturated heterocycles. The highest BCUT2D eigenvalue weighted by Gasteiger charge is 2.35. The van der Waals surface area contributed by atoms with Crippen LogP contribution in [0.25, 0.3) is 0 Å². The third kappa shape index (κ3) is 2.67. The van der Waals surface area contributed by atoms with Crippen LogP contribution in [0.3, 0.4) is 0 Å². The average Bonchev–Trinajstić information content (AvgIpc) is 3.03.